The Morgan fingerprint density at radius 3 is 2.52 bits per heavy atom. The number of primary amides is 1. The van der Waals surface area contributed by atoms with Crippen molar-refractivity contribution < 1.29 is 23.5 Å². The highest BCUT2D eigenvalue weighted by atomic mass is 19.1. The average Bonchev–Trinajstić information content (AvgIpc) is 2.55. The number of imide groups is 1. The van der Waals surface area contributed by atoms with Crippen LogP contribution in [0.1, 0.15) is 5.56 Å². The van der Waals surface area contributed by atoms with Gasteiger partial charge in [0.1, 0.15) is 5.82 Å². The number of hydrogen-bond acceptors (Lipinski definition) is 5. The van der Waals surface area contributed by atoms with Crippen LogP contribution >= 0.6 is 0 Å². The highest BCUT2D eigenvalue weighted by molar-refractivity contribution is 5.95. The molecule has 0 radical (unpaired) electrons. The van der Waals surface area contributed by atoms with Gasteiger partial charge < -0.3 is 20.5 Å². The van der Waals surface area contributed by atoms with Crippen LogP contribution in [0.15, 0.2) is 36.4 Å². The van der Waals surface area contributed by atoms with Crippen LogP contribution in [0.2, 0.25) is 0 Å². The Bertz CT molecular complexity index is 795. The normalized spacial score (nSPS) is 10.0. The van der Waals surface area contributed by atoms with Gasteiger partial charge in [0.15, 0.2) is 17.2 Å². The van der Waals surface area contributed by atoms with Gasteiger partial charge in [0, 0.05) is 6.07 Å². The molecule has 0 aliphatic carbocycles. The van der Waals surface area contributed by atoms with Crippen LogP contribution in [-0.2, 0) is 4.79 Å². The number of nitrogens with one attached hydrogen (secondary N) is 2. The first-order valence-corrected chi connectivity index (χ1v) is 7.34. The van der Waals surface area contributed by atoms with Crippen molar-refractivity contribution in [2.24, 2.45) is 5.73 Å². The lowest BCUT2D eigenvalue weighted by Crippen LogP contribution is -2.38. The summed E-state index contributed by atoms with van der Waals surface area (Å²) in [5.41, 5.74) is 6.09. The maximum absolute atomic E-state index is 13.5. The maximum Gasteiger partial charge on any atom is 0.318 e. The van der Waals surface area contributed by atoms with Crippen molar-refractivity contribution in [3.8, 4) is 17.2 Å². The van der Waals surface area contributed by atoms with E-state index in [2.05, 4.69) is 5.32 Å². The fraction of sp³-hybridized carbons (Fsp3) is 0.176. The van der Waals surface area contributed by atoms with E-state index in [1.165, 1.54) is 25.3 Å². The fourth-order valence-corrected chi connectivity index (χ4v) is 2.06. The molecule has 4 N–H and O–H groups in total. The smallest absolute Gasteiger partial charge is 0.318 e. The lowest BCUT2D eigenvalue weighted by atomic mass is 10.2. The van der Waals surface area contributed by atoms with E-state index in [9.17, 15) is 14.0 Å². The van der Waals surface area contributed by atoms with Gasteiger partial charge in [-0.05, 0) is 36.8 Å². The molecule has 0 aliphatic rings. The number of benzene rings is 2. The Balaban J connectivity index is 2.21. The molecule has 2 rings (SSSR count). The first kappa shape index (κ1) is 18.1. The summed E-state index contributed by atoms with van der Waals surface area (Å²) in [7, 11) is 1.51. The number of carbonyl (C=O) groups excluding carboxylic acids is 2. The number of methoxy groups -OCH3 is 1. The number of amides is 3. The number of nitrogens with two attached hydrogens (primary N) is 1. The van der Waals surface area contributed by atoms with E-state index in [4.69, 9.17) is 15.2 Å². The van der Waals surface area contributed by atoms with Crippen LogP contribution in [-0.4, -0.2) is 25.6 Å². The number of hydrogen-bond donors (Lipinski definition) is 3. The number of ether oxygens (including phenoxy) is 2. The van der Waals surface area contributed by atoms with E-state index in [1.54, 1.807) is 12.1 Å². The van der Waals surface area contributed by atoms with Crippen LogP contribution in [0.3, 0.4) is 0 Å². The SMILES string of the molecule is COc1cc(C)ccc1Oc1ccc(F)cc1NCC(=O)NC(N)=O. The van der Waals surface area contributed by atoms with Crippen LogP contribution in [0.25, 0.3) is 0 Å². The van der Waals surface area contributed by atoms with Crippen LogP contribution in [0, 0.1) is 12.7 Å². The number of carbonyl (C=O) groups is 2. The molecular formula is C17H18FN3O4. The third-order valence-electron chi connectivity index (χ3n) is 3.18. The number of rotatable bonds is 6. The number of anilines is 1. The van der Waals surface area contributed by atoms with Gasteiger partial charge in [0.05, 0.1) is 19.3 Å². The fourth-order valence-electron chi connectivity index (χ4n) is 2.06. The summed E-state index contributed by atoms with van der Waals surface area (Å²) < 4.78 is 24.6. The molecule has 0 atom stereocenters. The minimum Gasteiger partial charge on any atom is -0.493 e. The Hall–Kier alpha value is -3.29. The molecule has 25 heavy (non-hydrogen) atoms. The molecule has 8 heteroatoms. The summed E-state index contributed by atoms with van der Waals surface area (Å²) in [5.74, 6) is 0.0678. The highest BCUT2D eigenvalue weighted by Gasteiger charge is 2.12. The minimum absolute atomic E-state index is 0.238. The van der Waals surface area contributed by atoms with Gasteiger partial charge in [-0.2, -0.15) is 0 Å². The summed E-state index contributed by atoms with van der Waals surface area (Å²) in [4.78, 5) is 22.1. The van der Waals surface area contributed by atoms with Gasteiger partial charge in [0.2, 0.25) is 5.91 Å². The van der Waals surface area contributed by atoms with Gasteiger partial charge in [-0.3, -0.25) is 10.1 Å². The molecular weight excluding hydrogens is 329 g/mol. The van der Waals surface area contributed by atoms with Gasteiger partial charge in [-0.15, -0.1) is 0 Å². The van der Waals surface area contributed by atoms with Crippen molar-refractivity contribution in [2.75, 3.05) is 19.0 Å². The predicted octanol–water partition coefficient (Wildman–Crippen LogP) is 2.54. The molecule has 132 valence electrons. The molecule has 2 aromatic carbocycles. The largest absolute Gasteiger partial charge is 0.493 e. The summed E-state index contributed by atoms with van der Waals surface area (Å²) in [6, 6.07) is 8.22. The van der Waals surface area contributed by atoms with Crippen molar-refractivity contribution in [1.29, 1.82) is 0 Å². The quantitative estimate of drug-likeness (QED) is 0.745. The van der Waals surface area contributed by atoms with Crippen molar-refractivity contribution in [3.05, 3.63) is 47.8 Å². The van der Waals surface area contributed by atoms with Crippen LogP contribution in [0.4, 0.5) is 14.9 Å². The first-order chi connectivity index (χ1) is 11.9. The van der Waals surface area contributed by atoms with Crippen molar-refractivity contribution in [1.82, 2.24) is 5.32 Å². The van der Waals surface area contributed by atoms with E-state index in [0.29, 0.717) is 11.5 Å². The zero-order valence-corrected chi connectivity index (χ0v) is 13.8. The highest BCUT2D eigenvalue weighted by Crippen LogP contribution is 2.36. The average molecular weight is 347 g/mol. The molecule has 0 saturated carbocycles. The van der Waals surface area contributed by atoms with Gasteiger partial charge in [-0.1, -0.05) is 6.07 Å². The predicted molar refractivity (Wildman–Crippen MR) is 90.4 cm³/mol. The van der Waals surface area contributed by atoms with Gasteiger partial charge >= 0.3 is 6.03 Å². The second-order valence-corrected chi connectivity index (χ2v) is 5.16. The Morgan fingerprint density at radius 2 is 1.84 bits per heavy atom. The molecule has 0 fully saturated rings. The summed E-state index contributed by atoms with van der Waals surface area (Å²) in [6.45, 7) is 1.63. The van der Waals surface area contributed by atoms with Gasteiger partial charge in [-0.25, -0.2) is 9.18 Å². The standard InChI is InChI=1S/C17H18FN3O4/c1-10-3-5-14(15(7-10)24-2)25-13-6-4-11(18)8-12(13)20-9-16(22)21-17(19)23/h3-8,20H,9H2,1-2H3,(H3,19,21,22,23). The maximum atomic E-state index is 13.5. The Kier molecular flexibility index (Phi) is 5.78. The van der Waals surface area contributed by atoms with Crippen LogP contribution in [0.5, 0.6) is 17.2 Å². The Labute approximate surface area is 143 Å². The molecule has 0 saturated heterocycles. The van der Waals surface area contributed by atoms with E-state index in [0.717, 1.165) is 5.56 Å². The molecule has 7 nitrogen and oxygen atoms in total. The lowest BCUT2D eigenvalue weighted by Gasteiger charge is -2.15. The summed E-state index contributed by atoms with van der Waals surface area (Å²) in [5, 5.41) is 4.61. The van der Waals surface area contributed by atoms with E-state index < -0.39 is 17.8 Å². The molecule has 0 aliphatic heterocycles. The van der Waals surface area contributed by atoms with E-state index >= 15 is 0 Å². The molecule has 2 aromatic rings. The second kappa shape index (κ2) is 8.00. The Morgan fingerprint density at radius 1 is 1.12 bits per heavy atom. The number of halogens is 1. The van der Waals surface area contributed by atoms with Crippen molar-refractivity contribution >= 4 is 17.6 Å². The molecule has 0 unspecified atom stereocenters. The number of urea groups is 1. The molecule has 0 heterocycles. The van der Waals surface area contributed by atoms with Crippen molar-refractivity contribution in [3.63, 3.8) is 0 Å². The monoisotopic (exact) mass is 347 g/mol. The lowest BCUT2D eigenvalue weighted by molar-refractivity contribution is -0.118. The van der Waals surface area contributed by atoms with E-state index in [1.807, 2.05) is 18.3 Å². The summed E-state index contributed by atoms with van der Waals surface area (Å²) >= 11 is 0. The minimum atomic E-state index is -0.966. The zero-order valence-electron chi connectivity index (χ0n) is 13.8. The molecule has 0 aromatic heterocycles. The molecule has 3 amide bonds. The summed E-state index contributed by atoms with van der Waals surface area (Å²) in [6.07, 6.45) is 0. The first-order valence-electron chi connectivity index (χ1n) is 7.34. The molecule has 0 bridgehead atoms. The van der Waals surface area contributed by atoms with E-state index in [-0.39, 0.29) is 18.0 Å². The zero-order chi connectivity index (χ0) is 18.4. The van der Waals surface area contributed by atoms with Crippen LogP contribution < -0.4 is 25.8 Å². The second-order valence-electron chi connectivity index (χ2n) is 5.16. The number of aryl methyl sites for hydroxylation is 1. The van der Waals surface area contributed by atoms with Crippen molar-refractivity contribution in [2.45, 2.75) is 6.92 Å². The third kappa shape index (κ3) is 5.10. The van der Waals surface area contributed by atoms with Gasteiger partial charge in [0.25, 0.3) is 0 Å². The topological polar surface area (TPSA) is 103 Å². The third-order valence-corrected chi connectivity index (χ3v) is 3.18. The molecule has 0 spiro atoms.